The van der Waals surface area contributed by atoms with E-state index in [1.54, 1.807) is 7.11 Å². The molecule has 0 aliphatic rings. The summed E-state index contributed by atoms with van der Waals surface area (Å²) in [7, 11) is 1.69. The Kier molecular flexibility index (Phi) is 4.63. The molecule has 0 aliphatic carbocycles. The van der Waals surface area contributed by atoms with E-state index in [4.69, 9.17) is 4.74 Å². The van der Waals surface area contributed by atoms with Crippen LogP contribution >= 0.6 is 0 Å². The van der Waals surface area contributed by atoms with Gasteiger partial charge in [-0.2, -0.15) is 0 Å². The topological polar surface area (TPSA) is 41.5 Å². The van der Waals surface area contributed by atoms with E-state index in [-0.39, 0.29) is 0 Å². The molecule has 0 aromatic heterocycles. The van der Waals surface area contributed by atoms with E-state index in [1.165, 1.54) is 10.9 Å². The van der Waals surface area contributed by atoms with Crippen molar-refractivity contribution in [2.45, 2.75) is 32.4 Å². The van der Waals surface area contributed by atoms with E-state index >= 15 is 0 Å². The summed E-state index contributed by atoms with van der Waals surface area (Å²) in [6, 6.07) is 12.3. The molecule has 1 atom stereocenters. The highest BCUT2D eigenvalue weighted by Gasteiger charge is 2.16. The Balaban J connectivity index is 2.19. The first kappa shape index (κ1) is 14.8. The number of rotatable bonds is 6. The summed E-state index contributed by atoms with van der Waals surface area (Å²) in [5.74, 6) is 0.893. The Morgan fingerprint density at radius 3 is 2.50 bits per heavy atom. The Morgan fingerprint density at radius 1 is 1.15 bits per heavy atom. The van der Waals surface area contributed by atoms with Crippen LogP contribution in [0.2, 0.25) is 0 Å². The number of hydrogen-bond donors (Lipinski definition) is 2. The molecule has 0 amide bonds. The van der Waals surface area contributed by atoms with Crippen LogP contribution in [0.3, 0.4) is 0 Å². The lowest BCUT2D eigenvalue weighted by molar-refractivity contribution is 0.0556. The first-order valence-corrected chi connectivity index (χ1v) is 7.05. The van der Waals surface area contributed by atoms with Gasteiger partial charge in [0.2, 0.25) is 0 Å². The van der Waals surface area contributed by atoms with Gasteiger partial charge in [-0.05, 0) is 30.4 Å². The fourth-order valence-corrected chi connectivity index (χ4v) is 2.26. The molecule has 108 valence electrons. The highest BCUT2D eigenvalue weighted by molar-refractivity contribution is 5.91. The van der Waals surface area contributed by atoms with Gasteiger partial charge in [0.15, 0.2) is 0 Å². The maximum Gasteiger partial charge on any atom is 0.126 e. The van der Waals surface area contributed by atoms with Crippen LogP contribution in [0.5, 0.6) is 5.75 Å². The minimum atomic E-state index is -0.651. The first-order chi connectivity index (χ1) is 9.57. The normalized spacial score (nSPS) is 14.2. The number of methoxy groups -OCH3 is 1. The van der Waals surface area contributed by atoms with E-state index < -0.39 is 5.60 Å². The fraction of sp³-hybridized carbons (Fsp3) is 0.412. The van der Waals surface area contributed by atoms with Crippen molar-refractivity contribution in [1.82, 2.24) is 5.32 Å². The second-order valence-electron chi connectivity index (χ2n) is 5.43. The Labute approximate surface area is 120 Å². The molecule has 0 aliphatic heterocycles. The maximum absolute atomic E-state index is 10.0. The smallest absolute Gasteiger partial charge is 0.126 e. The van der Waals surface area contributed by atoms with Crippen molar-refractivity contribution in [3.63, 3.8) is 0 Å². The molecule has 0 bridgehead atoms. The van der Waals surface area contributed by atoms with Crippen LogP contribution in [0.25, 0.3) is 10.8 Å². The monoisotopic (exact) mass is 273 g/mol. The van der Waals surface area contributed by atoms with Crippen LogP contribution in [0.15, 0.2) is 36.4 Å². The Morgan fingerprint density at radius 2 is 1.85 bits per heavy atom. The van der Waals surface area contributed by atoms with Gasteiger partial charge in [0, 0.05) is 18.5 Å². The molecule has 2 aromatic carbocycles. The molecule has 2 rings (SSSR count). The zero-order valence-electron chi connectivity index (χ0n) is 12.4. The summed E-state index contributed by atoms with van der Waals surface area (Å²) < 4.78 is 5.40. The molecule has 0 heterocycles. The van der Waals surface area contributed by atoms with E-state index in [1.807, 2.05) is 32.0 Å². The molecular weight excluding hydrogens is 250 g/mol. The SMILES string of the molecule is CCC(C)(O)CNCc1ccc(OC)c2ccccc12. The predicted octanol–water partition coefficient (Wildman–Crippen LogP) is 3.10. The van der Waals surface area contributed by atoms with Gasteiger partial charge < -0.3 is 15.2 Å². The number of ether oxygens (including phenoxy) is 1. The summed E-state index contributed by atoms with van der Waals surface area (Å²) in [6.45, 7) is 5.17. The summed E-state index contributed by atoms with van der Waals surface area (Å²) in [4.78, 5) is 0. The third-order valence-electron chi connectivity index (χ3n) is 3.78. The van der Waals surface area contributed by atoms with Gasteiger partial charge in [0.1, 0.15) is 5.75 Å². The predicted molar refractivity (Wildman–Crippen MR) is 83.1 cm³/mol. The third kappa shape index (κ3) is 3.30. The van der Waals surface area contributed by atoms with Crippen molar-refractivity contribution in [3.8, 4) is 5.75 Å². The van der Waals surface area contributed by atoms with Gasteiger partial charge in [0.25, 0.3) is 0 Å². The average Bonchev–Trinajstić information content (AvgIpc) is 2.47. The zero-order valence-corrected chi connectivity index (χ0v) is 12.4. The maximum atomic E-state index is 10.0. The van der Waals surface area contributed by atoms with E-state index in [2.05, 4.69) is 23.5 Å². The number of fused-ring (bicyclic) bond motifs is 1. The van der Waals surface area contributed by atoms with Gasteiger partial charge in [-0.1, -0.05) is 37.3 Å². The molecule has 1 unspecified atom stereocenters. The number of nitrogens with one attached hydrogen (secondary N) is 1. The highest BCUT2D eigenvalue weighted by Crippen LogP contribution is 2.28. The highest BCUT2D eigenvalue weighted by atomic mass is 16.5. The number of benzene rings is 2. The summed E-state index contributed by atoms with van der Waals surface area (Å²) in [6.07, 6.45) is 0.739. The molecule has 2 N–H and O–H groups in total. The molecule has 0 fully saturated rings. The molecule has 0 saturated heterocycles. The van der Waals surface area contributed by atoms with Crippen LogP contribution in [-0.2, 0) is 6.54 Å². The van der Waals surface area contributed by atoms with Gasteiger partial charge in [0.05, 0.1) is 12.7 Å². The van der Waals surface area contributed by atoms with Crippen molar-refractivity contribution in [3.05, 3.63) is 42.0 Å². The lowest BCUT2D eigenvalue weighted by Gasteiger charge is -2.22. The fourth-order valence-electron chi connectivity index (χ4n) is 2.26. The van der Waals surface area contributed by atoms with Crippen LogP contribution < -0.4 is 10.1 Å². The molecule has 0 radical (unpaired) electrons. The van der Waals surface area contributed by atoms with Crippen molar-refractivity contribution < 1.29 is 9.84 Å². The minimum Gasteiger partial charge on any atom is -0.496 e. The van der Waals surface area contributed by atoms with Crippen LogP contribution in [0.1, 0.15) is 25.8 Å². The molecule has 20 heavy (non-hydrogen) atoms. The standard InChI is InChI=1S/C17H23NO2/c1-4-17(2,19)12-18-11-13-9-10-16(20-3)15-8-6-5-7-14(13)15/h5-10,18-19H,4,11-12H2,1-3H3. The lowest BCUT2D eigenvalue weighted by Crippen LogP contribution is -2.36. The Bertz CT molecular complexity index is 578. The van der Waals surface area contributed by atoms with E-state index in [0.717, 1.165) is 24.1 Å². The van der Waals surface area contributed by atoms with Gasteiger partial charge in [-0.3, -0.25) is 0 Å². The van der Waals surface area contributed by atoms with Crippen LogP contribution in [0.4, 0.5) is 0 Å². The molecule has 3 heteroatoms. The van der Waals surface area contributed by atoms with Crippen molar-refractivity contribution in [1.29, 1.82) is 0 Å². The van der Waals surface area contributed by atoms with Crippen LogP contribution in [0, 0.1) is 0 Å². The quantitative estimate of drug-likeness (QED) is 0.850. The second kappa shape index (κ2) is 6.25. The van der Waals surface area contributed by atoms with Gasteiger partial charge in [-0.25, -0.2) is 0 Å². The first-order valence-electron chi connectivity index (χ1n) is 7.05. The van der Waals surface area contributed by atoms with E-state index in [9.17, 15) is 5.11 Å². The third-order valence-corrected chi connectivity index (χ3v) is 3.78. The van der Waals surface area contributed by atoms with Crippen molar-refractivity contribution in [2.75, 3.05) is 13.7 Å². The largest absolute Gasteiger partial charge is 0.496 e. The average molecular weight is 273 g/mol. The summed E-state index contributed by atoms with van der Waals surface area (Å²) in [5.41, 5.74) is 0.565. The molecule has 0 saturated carbocycles. The summed E-state index contributed by atoms with van der Waals surface area (Å²) >= 11 is 0. The van der Waals surface area contributed by atoms with Crippen molar-refractivity contribution in [2.24, 2.45) is 0 Å². The minimum absolute atomic E-state index is 0.587. The molecule has 0 spiro atoms. The number of hydrogen-bond acceptors (Lipinski definition) is 3. The molecule has 2 aromatic rings. The second-order valence-corrected chi connectivity index (χ2v) is 5.43. The number of aliphatic hydroxyl groups is 1. The van der Waals surface area contributed by atoms with Crippen LogP contribution in [-0.4, -0.2) is 24.4 Å². The van der Waals surface area contributed by atoms with E-state index in [0.29, 0.717) is 6.54 Å². The molecular formula is C17H23NO2. The van der Waals surface area contributed by atoms with Gasteiger partial charge in [-0.15, -0.1) is 0 Å². The van der Waals surface area contributed by atoms with Crippen molar-refractivity contribution >= 4 is 10.8 Å². The van der Waals surface area contributed by atoms with Gasteiger partial charge >= 0.3 is 0 Å². The summed E-state index contributed by atoms with van der Waals surface area (Å²) in [5, 5.41) is 15.7. The zero-order chi connectivity index (χ0) is 14.6. The lowest BCUT2D eigenvalue weighted by atomic mass is 10.0. The Hall–Kier alpha value is -1.58. The molecule has 3 nitrogen and oxygen atoms in total.